The van der Waals surface area contributed by atoms with Gasteiger partial charge in [0.15, 0.2) is 0 Å². The van der Waals surface area contributed by atoms with E-state index in [9.17, 15) is 0 Å². The summed E-state index contributed by atoms with van der Waals surface area (Å²) in [4.78, 5) is 0. The van der Waals surface area contributed by atoms with Crippen LogP contribution in [0.3, 0.4) is 0 Å². The van der Waals surface area contributed by atoms with Gasteiger partial charge in [0.2, 0.25) is 0 Å². The van der Waals surface area contributed by atoms with Crippen molar-refractivity contribution in [3.63, 3.8) is 0 Å². The summed E-state index contributed by atoms with van der Waals surface area (Å²) in [7, 11) is 1.66. The van der Waals surface area contributed by atoms with E-state index in [0.717, 1.165) is 32.3 Å². The largest absolute Gasteiger partial charge is 0.496 e. The monoisotopic (exact) mass is 436 g/mol. The Morgan fingerprint density at radius 1 is 1.08 bits per heavy atom. The van der Waals surface area contributed by atoms with E-state index in [1.54, 1.807) is 25.3 Å². The van der Waals surface area contributed by atoms with Crippen LogP contribution in [0.4, 0.5) is 5.69 Å². The molecular formula is C19H15BrCl2N2O. The molecule has 0 saturated carbocycles. The molecule has 128 valence electrons. The maximum Gasteiger partial charge on any atom is 0.127 e. The molecule has 3 aromatic rings. The number of methoxy groups -OCH3 is 1. The van der Waals surface area contributed by atoms with Crippen LogP contribution in [0.15, 0.2) is 58.1 Å². The number of hydrogen-bond acceptors (Lipinski definition) is 3. The van der Waals surface area contributed by atoms with Crippen LogP contribution >= 0.6 is 39.1 Å². The summed E-state index contributed by atoms with van der Waals surface area (Å²) in [5.41, 5.74) is 5.41. The Bertz CT molecular complexity index is 973. The van der Waals surface area contributed by atoms with Gasteiger partial charge in [0.05, 0.1) is 23.5 Å². The summed E-state index contributed by atoms with van der Waals surface area (Å²) in [5, 5.41) is 7.66. The highest BCUT2D eigenvalue weighted by molar-refractivity contribution is 9.10. The van der Waals surface area contributed by atoms with Gasteiger partial charge in [-0.3, -0.25) is 5.43 Å². The number of rotatable bonds is 4. The predicted octanol–water partition coefficient (Wildman–Crippen LogP) is 6.75. The molecule has 0 radical (unpaired) electrons. The van der Waals surface area contributed by atoms with Crippen molar-refractivity contribution in [2.45, 2.75) is 6.92 Å². The molecule has 0 atom stereocenters. The second kappa shape index (κ2) is 7.65. The highest BCUT2D eigenvalue weighted by Crippen LogP contribution is 2.35. The van der Waals surface area contributed by atoms with E-state index < -0.39 is 0 Å². The molecule has 0 amide bonds. The lowest BCUT2D eigenvalue weighted by Crippen LogP contribution is -2.02. The van der Waals surface area contributed by atoms with Crippen molar-refractivity contribution in [1.82, 2.24) is 0 Å². The molecule has 0 aliphatic carbocycles. The molecule has 3 aromatic carbocycles. The van der Waals surface area contributed by atoms with E-state index in [2.05, 4.69) is 26.5 Å². The molecule has 0 spiro atoms. The number of anilines is 1. The van der Waals surface area contributed by atoms with E-state index in [0.29, 0.717) is 15.7 Å². The molecule has 25 heavy (non-hydrogen) atoms. The Balaban J connectivity index is 2.01. The van der Waals surface area contributed by atoms with Gasteiger partial charge >= 0.3 is 0 Å². The Kier molecular flexibility index (Phi) is 5.52. The third-order valence-electron chi connectivity index (χ3n) is 3.83. The molecule has 0 aliphatic rings. The van der Waals surface area contributed by atoms with Crippen LogP contribution in [0.5, 0.6) is 5.75 Å². The number of ether oxygens (including phenoxy) is 1. The van der Waals surface area contributed by atoms with Crippen molar-refractivity contribution in [3.05, 3.63) is 68.6 Å². The van der Waals surface area contributed by atoms with Crippen molar-refractivity contribution in [2.24, 2.45) is 5.10 Å². The average Bonchev–Trinajstić information content (AvgIpc) is 2.61. The summed E-state index contributed by atoms with van der Waals surface area (Å²) in [6, 6.07) is 15.2. The lowest BCUT2D eigenvalue weighted by atomic mass is 10.0. The van der Waals surface area contributed by atoms with Gasteiger partial charge in [-0.2, -0.15) is 5.10 Å². The molecule has 1 N–H and O–H groups in total. The molecular weight excluding hydrogens is 423 g/mol. The summed E-state index contributed by atoms with van der Waals surface area (Å²) < 4.78 is 6.50. The van der Waals surface area contributed by atoms with E-state index in [-0.39, 0.29) is 0 Å². The predicted molar refractivity (Wildman–Crippen MR) is 110 cm³/mol. The molecule has 3 nitrogen and oxygen atoms in total. The Labute approximate surface area is 164 Å². The van der Waals surface area contributed by atoms with Gasteiger partial charge in [-0.25, -0.2) is 0 Å². The summed E-state index contributed by atoms with van der Waals surface area (Å²) in [5.74, 6) is 0.799. The fraction of sp³-hybridized carbons (Fsp3) is 0.105. The molecule has 3 rings (SSSR count). The van der Waals surface area contributed by atoms with Gasteiger partial charge in [0, 0.05) is 25.8 Å². The fourth-order valence-corrected chi connectivity index (χ4v) is 3.72. The molecule has 0 fully saturated rings. The second-order valence-electron chi connectivity index (χ2n) is 5.42. The molecule has 0 heterocycles. The maximum atomic E-state index is 6.17. The van der Waals surface area contributed by atoms with Crippen LogP contribution in [0.1, 0.15) is 12.5 Å². The number of hydrogen-bond donors (Lipinski definition) is 1. The van der Waals surface area contributed by atoms with Crippen LogP contribution in [0, 0.1) is 0 Å². The lowest BCUT2D eigenvalue weighted by molar-refractivity contribution is 0.419. The number of hydrazone groups is 1. The topological polar surface area (TPSA) is 33.6 Å². The first-order valence-corrected chi connectivity index (χ1v) is 9.07. The van der Waals surface area contributed by atoms with E-state index in [4.69, 9.17) is 27.9 Å². The average molecular weight is 438 g/mol. The number of halogens is 3. The number of fused-ring (bicyclic) bond motifs is 1. The van der Waals surface area contributed by atoms with Crippen LogP contribution in [0.2, 0.25) is 10.0 Å². The molecule has 0 aliphatic heterocycles. The first kappa shape index (κ1) is 18.1. The minimum absolute atomic E-state index is 0.513. The SMILES string of the molecule is COc1cc(C(C)=NNc2ccc(Cl)cc2Cl)c(Br)c2ccccc12. The van der Waals surface area contributed by atoms with E-state index >= 15 is 0 Å². The molecule has 0 bridgehead atoms. The second-order valence-corrected chi connectivity index (χ2v) is 7.06. The van der Waals surface area contributed by atoms with Gasteiger partial charge < -0.3 is 4.74 Å². The van der Waals surface area contributed by atoms with Gasteiger partial charge in [0.1, 0.15) is 5.75 Å². The zero-order chi connectivity index (χ0) is 18.0. The lowest BCUT2D eigenvalue weighted by Gasteiger charge is -2.13. The first-order chi connectivity index (χ1) is 12.0. The third-order valence-corrected chi connectivity index (χ3v) is 5.23. The molecule has 0 unspecified atom stereocenters. The summed E-state index contributed by atoms with van der Waals surface area (Å²) in [6.45, 7) is 1.92. The van der Waals surface area contributed by atoms with Crippen LogP contribution < -0.4 is 10.2 Å². The zero-order valence-electron chi connectivity index (χ0n) is 13.6. The first-order valence-electron chi connectivity index (χ1n) is 7.52. The maximum absolute atomic E-state index is 6.17. The van der Waals surface area contributed by atoms with Crippen molar-refractivity contribution in [2.75, 3.05) is 12.5 Å². The minimum Gasteiger partial charge on any atom is -0.496 e. The van der Waals surface area contributed by atoms with Crippen molar-refractivity contribution >= 4 is 61.3 Å². The van der Waals surface area contributed by atoms with E-state index in [1.165, 1.54) is 0 Å². The number of nitrogens with zero attached hydrogens (tertiary/aromatic N) is 1. The fourth-order valence-electron chi connectivity index (χ4n) is 2.52. The highest BCUT2D eigenvalue weighted by atomic mass is 79.9. The Morgan fingerprint density at radius 2 is 1.80 bits per heavy atom. The minimum atomic E-state index is 0.513. The Morgan fingerprint density at radius 3 is 2.48 bits per heavy atom. The smallest absolute Gasteiger partial charge is 0.127 e. The Hall–Kier alpha value is -1.75. The highest BCUT2D eigenvalue weighted by Gasteiger charge is 2.13. The van der Waals surface area contributed by atoms with Crippen LogP contribution in [0.25, 0.3) is 10.8 Å². The van der Waals surface area contributed by atoms with E-state index in [1.807, 2.05) is 37.3 Å². The van der Waals surface area contributed by atoms with Crippen molar-refractivity contribution in [3.8, 4) is 5.75 Å². The standard InChI is InChI=1S/C19H15BrCl2N2O/c1-11(23-24-17-8-7-12(21)9-16(17)22)15-10-18(25-2)13-5-3-4-6-14(13)19(15)20/h3-10,24H,1-2H3. The number of benzene rings is 3. The summed E-state index contributed by atoms with van der Waals surface area (Å²) >= 11 is 15.8. The molecule has 6 heteroatoms. The normalized spacial score (nSPS) is 11.6. The van der Waals surface area contributed by atoms with Crippen molar-refractivity contribution in [1.29, 1.82) is 0 Å². The van der Waals surface area contributed by atoms with Gasteiger partial charge in [-0.1, -0.05) is 47.5 Å². The quantitative estimate of drug-likeness (QED) is 0.361. The summed E-state index contributed by atoms with van der Waals surface area (Å²) in [6.07, 6.45) is 0. The molecule has 0 aromatic heterocycles. The zero-order valence-corrected chi connectivity index (χ0v) is 16.7. The number of nitrogens with one attached hydrogen (secondary N) is 1. The van der Waals surface area contributed by atoms with Gasteiger partial charge in [-0.05, 0) is 47.1 Å². The van der Waals surface area contributed by atoms with Crippen LogP contribution in [-0.4, -0.2) is 12.8 Å². The van der Waals surface area contributed by atoms with Gasteiger partial charge in [0.25, 0.3) is 0 Å². The van der Waals surface area contributed by atoms with Crippen LogP contribution in [-0.2, 0) is 0 Å². The van der Waals surface area contributed by atoms with Gasteiger partial charge in [-0.15, -0.1) is 0 Å². The van der Waals surface area contributed by atoms with Crippen molar-refractivity contribution < 1.29 is 4.74 Å². The molecule has 0 saturated heterocycles. The third kappa shape index (κ3) is 3.76.